The van der Waals surface area contributed by atoms with Crippen LogP contribution in [0, 0.1) is 0 Å². The van der Waals surface area contributed by atoms with Gasteiger partial charge in [-0.3, -0.25) is 0 Å². The molecular weight excluding hydrogens is 129 g/mol. The fourth-order valence-corrected chi connectivity index (χ4v) is 0.354. The van der Waals surface area contributed by atoms with Gasteiger partial charge in [0.15, 0.2) is 0 Å². The van der Waals surface area contributed by atoms with Crippen molar-refractivity contribution in [2.75, 3.05) is 0 Å². The molecule has 0 fully saturated rings. The van der Waals surface area contributed by atoms with E-state index in [1.165, 1.54) is 20.6 Å². The van der Waals surface area contributed by atoms with E-state index in [0.717, 1.165) is 0 Å². The Bertz CT molecular complexity index is 16.3. The van der Waals surface area contributed by atoms with E-state index in [2.05, 4.69) is 14.7 Å². The van der Waals surface area contributed by atoms with Gasteiger partial charge in [-0.15, -0.1) is 0 Å². The van der Waals surface area contributed by atoms with Crippen molar-refractivity contribution in [3.63, 3.8) is 0 Å². The summed E-state index contributed by atoms with van der Waals surface area (Å²) in [5.74, 6) is 0. The third-order valence-electron chi connectivity index (χ3n) is 0.707. The molecule has 0 heterocycles. The number of rotatable bonds is 2. The summed E-state index contributed by atoms with van der Waals surface area (Å²) in [6.07, 6.45) is 1.34. The van der Waals surface area contributed by atoms with Crippen molar-refractivity contribution < 1.29 is 0 Å². The van der Waals surface area contributed by atoms with Crippen LogP contribution < -0.4 is 0 Å². The summed E-state index contributed by atoms with van der Waals surface area (Å²) in [6.45, 7) is 2.21. The maximum absolute atomic E-state index is 2.21. The Hall–Kier alpha value is 0.738. The zero-order valence-corrected chi connectivity index (χ0v) is 4.12. The van der Waals surface area contributed by atoms with Crippen molar-refractivity contribution >= 4 is 39.6 Å². The SMILES string of the molecule is BBBCC.[GeH4]. The van der Waals surface area contributed by atoms with E-state index in [-0.39, 0.29) is 17.6 Å². The fraction of sp³-hybridized carbons (Fsp3) is 1.00. The summed E-state index contributed by atoms with van der Waals surface area (Å²) < 4.78 is 0. The molecule has 0 aromatic carbocycles. The molecule has 0 atom stereocenters. The molecule has 0 unspecified atom stereocenters. The number of hydrogen-bond donors (Lipinski definition) is 0. The Labute approximate surface area is 53.3 Å². The van der Waals surface area contributed by atoms with Gasteiger partial charge in [-0.25, -0.2) is 0 Å². The molecule has 0 aliphatic rings. The first-order valence-electron chi connectivity index (χ1n) is 2.41. The van der Waals surface area contributed by atoms with Gasteiger partial charge >= 0.3 is 17.6 Å². The summed E-state index contributed by atoms with van der Waals surface area (Å²) in [4.78, 5) is 0. The van der Waals surface area contributed by atoms with Crippen molar-refractivity contribution in [1.29, 1.82) is 0 Å². The zero-order valence-electron chi connectivity index (χ0n) is 4.12. The Kier molecular flexibility index (Phi) is 15.2. The van der Waals surface area contributed by atoms with Crippen molar-refractivity contribution in [3.05, 3.63) is 0 Å². The van der Waals surface area contributed by atoms with E-state index in [4.69, 9.17) is 0 Å². The predicted molar refractivity (Wildman–Crippen MR) is 44.7 cm³/mol. The van der Waals surface area contributed by atoms with Gasteiger partial charge in [0.25, 0.3) is 0 Å². The molecule has 0 aliphatic heterocycles. The van der Waals surface area contributed by atoms with E-state index in [9.17, 15) is 0 Å². The summed E-state index contributed by atoms with van der Waals surface area (Å²) in [7, 11) is 4.94. The summed E-state index contributed by atoms with van der Waals surface area (Å²) in [5, 5.41) is 0. The Morgan fingerprint density at radius 2 is 2.17 bits per heavy atom. The monoisotopic (exact) mass is 144 g/mol. The predicted octanol–water partition coefficient (Wildman–Crippen LogP) is -2.69. The first-order chi connectivity index (χ1) is 2.41. The topological polar surface area (TPSA) is 0 Å². The Morgan fingerprint density at radius 1 is 1.67 bits per heavy atom. The molecule has 0 aromatic heterocycles. The molecule has 0 N–H and O–H groups in total. The van der Waals surface area contributed by atoms with Crippen LogP contribution in [-0.4, -0.2) is 39.6 Å². The second-order valence-electron chi connectivity index (χ2n) is 1.35. The standard InChI is InChI=1S/C2H9B3.GeH4/c1-2-4-5-3;/h4-5H,2-3H2,1H3;1H4. The van der Waals surface area contributed by atoms with E-state index in [1.807, 2.05) is 0 Å². The normalized spacial score (nSPS) is 5.50. The van der Waals surface area contributed by atoms with Crippen molar-refractivity contribution in [2.45, 2.75) is 13.2 Å². The van der Waals surface area contributed by atoms with Crippen LogP contribution in [0.1, 0.15) is 6.92 Å². The van der Waals surface area contributed by atoms with Gasteiger partial charge < -0.3 is 0 Å². The number of hydrogen-bond acceptors (Lipinski definition) is 0. The van der Waals surface area contributed by atoms with Crippen molar-refractivity contribution in [3.8, 4) is 0 Å². The maximum atomic E-state index is 2.21. The molecule has 6 heavy (non-hydrogen) atoms. The minimum absolute atomic E-state index is 0. The molecule has 0 amide bonds. The fourth-order valence-electron chi connectivity index (χ4n) is 0.354. The van der Waals surface area contributed by atoms with Crippen LogP contribution in [0.5, 0.6) is 0 Å². The third-order valence-corrected chi connectivity index (χ3v) is 0.707. The molecule has 4 heteroatoms. The molecule has 0 saturated carbocycles. The van der Waals surface area contributed by atoms with Crippen LogP contribution in [0.3, 0.4) is 0 Å². The molecule has 0 nitrogen and oxygen atoms in total. The Balaban J connectivity index is 0. The molecule has 0 aliphatic carbocycles. The van der Waals surface area contributed by atoms with Crippen LogP contribution >= 0.6 is 0 Å². The average Bonchev–Trinajstić information content (AvgIpc) is 1.41. The van der Waals surface area contributed by atoms with Gasteiger partial charge in [0.2, 0.25) is 0 Å². The molecule has 0 rings (SSSR count). The van der Waals surface area contributed by atoms with Gasteiger partial charge in [0.1, 0.15) is 0 Å². The first kappa shape index (κ1) is 9.88. The van der Waals surface area contributed by atoms with Crippen LogP contribution in [0.2, 0.25) is 6.32 Å². The van der Waals surface area contributed by atoms with E-state index in [0.29, 0.717) is 0 Å². The first-order valence-corrected chi connectivity index (χ1v) is 2.41. The van der Waals surface area contributed by atoms with Crippen molar-refractivity contribution in [1.82, 2.24) is 0 Å². The second kappa shape index (κ2) is 9.22. The van der Waals surface area contributed by atoms with Gasteiger partial charge in [0.05, 0.1) is 22.0 Å². The van der Waals surface area contributed by atoms with Crippen LogP contribution in [0.25, 0.3) is 0 Å². The van der Waals surface area contributed by atoms with E-state index >= 15 is 0 Å². The molecule has 0 bridgehead atoms. The molecule has 0 radical (unpaired) electrons. The van der Waals surface area contributed by atoms with Crippen molar-refractivity contribution in [2.24, 2.45) is 0 Å². The Morgan fingerprint density at radius 3 is 2.17 bits per heavy atom. The third kappa shape index (κ3) is 8.83. The van der Waals surface area contributed by atoms with Crippen LogP contribution in [0.15, 0.2) is 0 Å². The summed E-state index contributed by atoms with van der Waals surface area (Å²) >= 11 is 0. The molecule has 0 saturated heterocycles. The summed E-state index contributed by atoms with van der Waals surface area (Å²) in [6, 6.07) is 0. The molecule has 0 spiro atoms. The molecule has 0 aromatic rings. The van der Waals surface area contributed by atoms with E-state index < -0.39 is 0 Å². The van der Waals surface area contributed by atoms with Gasteiger partial charge in [-0.2, -0.15) is 0 Å². The average molecular weight is 142 g/mol. The second-order valence-corrected chi connectivity index (χ2v) is 1.35. The molecule has 34 valence electrons. The van der Waals surface area contributed by atoms with Gasteiger partial charge in [-0.05, 0) is 0 Å². The molecular formula is C2H13B3Ge. The summed E-state index contributed by atoms with van der Waals surface area (Å²) in [5.41, 5.74) is 0. The zero-order chi connectivity index (χ0) is 4.12. The van der Waals surface area contributed by atoms with Crippen LogP contribution in [-0.2, 0) is 0 Å². The van der Waals surface area contributed by atoms with Gasteiger partial charge in [-0.1, -0.05) is 13.2 Å². The quantitative estimate of drug-likeness (QED) is 0.368. The minimum atomic E-state index is 0. The van der Waals surface area contributed by atoms with Crippen LogP contribution in [0.4, 0.5) is 0 Å². The van der Waals surface area contributed by atoms with E-state index in [1.54, 1.807) is 0 Å². The van der Waals surface area contributed by atoms with Gasteiger partial charge in [0, 0.05) is 0 Å².